The van der Waals surface area contributed by atoms with Gasteiger partial charge in [-0.05, 0) is 5.56 Å². The Morgan fingerprint density at radius 1 is 1.23 bits per heavy atom. The highest BCUT2D eigenvalue weighted by Crippen LogP contribution is 2.22. The molecular weight excluding hydrogens is 282 g/mol. The summed E-state index contributed by atoms with van der Waals surface area (Å²) >= 11 is 0. The fourth-order valence-corrected chi connectivity index (χ4v) is 2.12. The number of aryl methyl sites for hydroxylation is 1. The van der Waals surface area contributed by atoms with Gasteiger partial charge in [0.2, 0.25) is 0 Å². The van der Waals surface area contributed by atoms with Crippen LogP contribution in [0.5, 0.6) is 6.01 Å². The lowest BCUT2D eigenvalue weighted by Gasteiger charge is -2.09. The quantitative estimate of drug-likeness (QED) is 0.714. The first-order chi connectivity index (χ1) is 10.8. The summed E-state index contributed by atoms with van der Waals surface area (Å²) in [6, 6.07) is 10.3. The molecule has 114 valence electrons. The van der Waals surface area contributed by atoms with Crippen LogP contribution in [0.4, 0.5) is 5.82 Å². The number of nitrogens with zero attached hydrogens (tertiary/aromatic N) is 4. The van der Waals surface area contributed by atoms with E-state index in [4.69, 9.17) is 9.84 Å². The minimum absolute atomic E-state index is 0.0838. The predicted octanol–water partition coefficient (Wildman–Crippen LogP) is 1.35. The monoisotopic (exact) mass is 299 g/mol. The second-order valence-electron chi connectivity index (χ2n) is 4.77. The molecule has 7 heteroatoms. The minimum Gasteiger partial charge on any atom is -0.461 e. The molecule has 0 aliphatic rings. The van der Waals surface area contributed by atoms with Gasteiger partial charge in [-0.15, -0.1) is 0 Å². The number of benzene rings is 1. The van der Waals surface area contributed by atoms with Gasteiger partial charge in [0.1, 0.15) is 12.4 Å². The van der Waals surface area contributed by atoms with Crippen molar-refractivity contribution in [1.82, 2.24) is 19.7 Å². The molecule has 0 saturated carbocycles. The Hall–Kier alpha value is -2.67. The molecule has 2 aromatic heterocycles. The molecule has 3 aromatic rings. The molecule has 0 spiro atoms. The van der Waals surface area contributed by atoms with Crippen molar-refractivity contribution in [3.8, 4) is 6.01 Å². The Bertz CT molecular complexity index is 757. The number of ether oxygens (including phenoxy) is 1. The lowest BCUT2D eigenvalue weighted by molar-refractivity contribution is 0.192. The van der Waals surface area contributed by atoms with Crippen LogP contribution in [0.25, 0.3) is 11.0 Å². The van der Waals surface area contributed by atoms with E-state index in [-0.39, 0.29) is 19.2 Å². The van der Waals surface area contributed by atoms with Gasteiger partial charge in [-0.2, -0.15) is 15.1 Å². The number of aliphatic hydroxyl groups is 1. The number of rotatable bonds is 6. The van der Waals surface area contributed by atoms with Gasteiger partial charge in [0, 0.05) is 13.6 Å². The van der Waals surface area contributed by atoms with Gasteiger partial charge in [0.05, 0.1) is 18.2 Å². The largest absolute Gasteiger partial charge is 0.461 e. The molecule has 0 radical (unpaired) electrons. The van der Waals surface area contributed by atoms with E-state index in [2.05, 4.69) is 20.4 Å². The third-order valence-corrected chi connectivity index (χ3v) is 3.20. The van der Waals surface area contributed by atoms with E-state index in [0.717, 1.165) is 10.9 Å². The van der Waals surface area contributed by atoms with Crippen molar-refractivity contribution in [3.05, 3.63) is 42.1 Å². The number of aliphatic hydroxyl groups excluding tert-OH is 1. The van der Waals surface area contributed by atoms with Crippen LogP contribution < -0.4 is 10.1 Å². The Labute approximate surface area is 127 Å². The first-order valence-corrected chi connectivity index (χ1v) is 6.99. The van der Waals surface area contributed by atoms with Crippen LogP contribution in [-0.4, -0.2) is 38.1 Å². The molecule has 2 heterocycles. The number of hydrogen-bond donors (Lipinski definition) is 2. The highest BCUT2D eigenvalue weighted by atomic mass is 16.5. The number of hydrogen-bond acceptors (Lipinski definition) is 6. The molecule has 0 atom stereocenters. The maximum atomic E-state index is 8.86. The lowest BCUT2D eigenvalue weighted by Crippen LogP contribution is -2.08. The van der Waals surface area contributed by atoms with Crippen molar-refractivity contribution in [2.75, 3.05) is 18.5 Å². The number of nitrogens with one attached hydrogen (secondary N) is 1. The molecule has 22 heavy (non-hydrogen) atoms. The SMILES string of the molecule is Cn1ncc2c(NCc3ccccc3)nc(OCCO)nc21. The first kappa shape index (κ1) is 14.3. The molecule has 3 rings (SSSR count). The molecular formula is C15H17N5O2. The van der Waals surface area contributed by atoms with E-state index in [0.29, 0.717) is 18.0 Å². The third kappa shape index (κ3) is 2.99. The predicted molar refractivity (Wildman–Crippen MR) is 82.7 cm³/mol. The normalized spacial score (nSPS) is 10.8. The molecule has 0 amide bonds. The maximum absolute atomic E-state index is 8.86. The van der Waals surface area contributed by atoms with Crippen molar-refractivity contribution in [2.45, 2.75) is 6.54 Å². The van der Waals surface area contributed by atoms with Crippen LogP contribution in [0.3, 0.4) is 0 Å². The highest BCUT2D eigenvalue weighted by Gasteiger charge is 2.12. The van der Waals surface area contributed by atoms with Gasteiger partial charge in [-0.1, -0.05) is 30.3 Å². The Balaban J connectivity index is 1.89. The zero-order valence-corrected chi connectivity index (χ0v) is 12.2. The van der Waals surface area contributed by atoms with Gasteiger partial charge in [-0.25, -0.2) is 0 Å². The smallest absolute Gasteiger partial charge is 0.320 e. The molecule has 0 unspecified atom stereocenters. The van der Waals surface area contributed by atoms with Crippen molar-refractivity contribution in [1.29, 1.82) is 0 Å². The van der Waals surface area contributed by atoms with E-state index in [1.165, 1.54) is 0 Å². The van der Waals surface area contributed by atoms with Crippen LogP contribution in [0.15, 0.2) is 36.5 Å². The lowest BCUT2D eigenvalue weighted by atomic mass is 10.2. The zero-order valence-electron chi connectivity index (χ0n) is 12.2. The Morgan fingerprint density at radius 3 is 2.82 bits per heavy atom. The fourth-order valence-electron chi connectivity index (χ4n) is 2.12. The van der Waals surface area contributed by atoms with E-state index >= 15 is 0 Å². The van der Waals surface area contributed by atoms with Gasteiger partial charge < -0.3 is 15.2 Å². The van der Waals surface area contributed by atoms with Crippen LogP contribution in [0.1, 0.15) is 5.56 Å². The third-order valence-electron chi connectivity index (χ3n) is 3.20. The van der Waals surface area contributed by atoms with Crippen molar-refractivity contribution < 1.29 is 9.84 Å². The highest BCUT2D eigenvalue weighted by molar-refractivity contribution is 5.86. The molecule has 0 fully saturated rings. The van der Waals surface area contributed by atoms with Crippen molar-refractivity contribution >= 4 is 16.9 Å². The summed E-state index contributed by atoms with van der Waals surface area (Å²) in [6.45, 7) is 0.711. The Kier molecular flexibility index (Phi) is 4.15. The average molecular weight is 299 g/mol. The molecule has 0 aliphatic heterocycles. The van der Waals surface area contributed by atoms with E-state index in [1.54, 1.807) is 10.9 Å². The Morgan fingerprint density at radius 2 is 2.05 bits per heavy atom. The average Bonchev–Trinajstić information content (AvgIpc) is 2.93. The van der Waals surface area contributed by atoms with Crippen LogP contribution >= 0.6 is 0 Å². The summed E-state index contributed by atoms with van der Waals surface area (Å²) in [5, 5.41) is 17.2. The zero-order chi connectivity index (χ0) is 15.4. The molecule has 1 aromatic carbocycles. The summed E-state index contributed by atoms with van der Waals surface area (Å²) in [4.78, 5) is 8.66. The molecule has 0 aliphatic carbocycles. The fraction of sp³-hybridized carbons (Fsp3) is 0.267. The van der Waals surface area contributed by atoms with E-state index < -0.39 is 0 Å². The topological polar surface area (TPSA) is 85.1 Å². The van der Waals surface area contributed by atoms with Gasteiger partial charge in [0.15, 0.2) is 5.65 Å². The molecule has 0 bridgehead atoms. The molecule has 0 saturated heterocycles. The summed E-state index contributed by atoms with van der Waals surface area (Å²) in [6.07, 6.45) is 1.72. The summed E-state index contributed by atoms with van der Waals surface area (Å²) < 4.78 is 6.99. The second-order valence-corrected chi connectivity index (χ2v) is 4.77. The number of aromatic nitrogens is 4. The van der Waals surface area contributed by atoms with Gasteiger partial charge in [0.25, 0.3) is 0 Å². The second kappa shape index (κ2) is 6.40. The molecule has 7 nitrogen and oxygen atoms in total. The van der Waals surface area contributed by atoms with Gasteiger partial charge in [-0.3, -0.25) is 4.68 Å². The van der Waals surface area contributed by atoms with Crippen LogP contribution in [0.2, 0.25) is 0 Å². The summed E-state index contributed by atoms with van der Waals surface area (Å²) in [5.41, 5.74) is 1.83. The van der Waals surface area contributed by atoms with E-state index in [9.17, 15) is 0 Å². The summed E-state index contributed by atoms with van der Waals surface area (Å²) in [5.74, 6) is 0.662. The van der Waals surface area contributed by atoms with Crippen molar-refractivity contribution in [2.24, 2.45) is 7.05 Å². The molecule has 2 N–H and O–H groups in total. The number of fused-ring (bicyclic) bond motifs is 1. The van der Waals surface area contributed by atoms with Gasteiger partial charge >= 0.3 is 6.01 Å². The van der Waals surface area contributed by atoms with E-state index in [1.807, 2.05) is 37.4 Å². The van der Waals surface area contributed by atoms with Crippen LogP contribution in [-0.2, 0) is 13.6 Å². The standard InChI is InChI=1S/C15H17N5O2/c1-20-14-12(10-17-20)13(18-15(19-14)22-8-7-21)16-9-11-5-3-2-4-6-11/h2-6,10,21H,7-9H2,1H3,(H,16,18,19). The first-order valence-electron chi connectivity index (χ1n) is 6.99. The summed E-state index contributed by atoms with van der Waals surface area (Å²) in [7, 11) is 1.81. The van der Waals surface area contributed by atoms with Crippen LogP contribution in [0, 0.1) is 0 Å². The minimum atomic E-state index is -0.0838. The van der Waals surface area contributed by atoms with Crippen molar-refractivity contribution in [3.63, 3.8) is 0 Å². The number of anilines is 1. The maximum Gasteiger partial charge on any atom is 0.320 e.